The molecular weight excluding hydrogens is 492 g/mol. The van der Waals surface area contributed by atoms with E-state index in [9.17, 15) is 27.2 Å². The molecule has 0 spiro atoms. The number of hydrogen-bond acceptors (Lipinski definition) is 6. The topological polar surface area (TPSA) is 114 Å². The first-order valence-corrected chi connectivity index (χ1v) is 11.1. The quantitative estimate of drug-likeness (QED) is 0.488. The number of hydrazone groups is 1. The average molecular weight is 514 g/mol. The summed E-state index contributed by atoms with van der Waals surface area (Å²) in [7, 11) is 0. The smallest absolute Gasteiger partial charge is 0.368 e. The van der Waals surface area contributed by atoms with Gasteiger partial charge in [-0.2, -0.15) is 18.3 Å². The average Bonchev–Trinajstić information content (AvgIpc) is 3.29. The van der Waals surface area contributed by atoms with E-state index in [1.165, 1.54) is 43.1 Å². The van der Waals surface area contributed by atoms with Gasteiger partial charge in [-0.15, -0.1) is 0 Å². The minimum absolute atomic E-state index is 0.0323. The van der Waals surface area contributed by atoms with Crippen LogP contribution in [0.15, 0.2) is 65.9 Å². The minimum Gasteiger partial charge on any atom is -0.368 e. The van der Waals surface area contributed by atoms with Gasteiger partial charge in [-0.1, -0.05) is 42.5 Å². The van der Waals surface area contributed by atoms with Crippen molar-refractivity contribution in [3.63, 3.8) is 0 Å². The van der Waals surface area contributed by atoms with Crippen molar-refractivity contribution in [2.24, 2.45) is 10.8 Å². The summed E-state index contributed by atoms with van der Waals surface area (Å²) in [5.74, 6) is -4.52. The molecule has 1 aromatic heterocycles. The van der Waals surface area contributed by atoms with Crippen LogP contribution < -0.4 is 16.1 Å². The van der Waals surface area contributed by atoms with E-state index in [2.05, 4.69) is 20.4 Å². The number of benzene rings is 2. The van der Waals surface area contributed by atoms with Crippen molar-refractivity contribution in [3.05, 3.63) is 89.1 Å². The van der Waals surface area contributed by atoms with Crippen LogP contribution in [0.2, 0.25) is 0 Å². The SMILES string of the molecule is CC(C)(NC(=O)c1cnc(C(F)(F)F)nc1N1CC(c2ccccc2)C(c2ccc(F)cc2)=N1)C(N)=O. The maximum atomic E-state index is 13.6. The number of nitrogens with zero attached hydrogens (tertiary/aromatic N) is 4. The van der Waals surface area contributed by atoms with Gasteiger partial charge < -0.3 is 11.1 Å². The Hall–Kier alpha value is -4.35. The lowest BCUT2D eigenvalue weighted by Crippen LogP contribution is -2.53. The molecular formula is C25H22F4N6O2. The lowest BCUT2D eigenvalue weighted by Gasteiger charge is -2.24. The fourth-order valence-corrected chi connectivity index (χ4v) is 3.74. The summed E-state index contributed by atoms with van der Waals surface area (Å²) >= 11 is 0. The van der Waals surface area contributed by atoms with Gasteiger partial charge in [-0.3, -0.25) is 9.59 Å². The standard InChI is InChI=1S/C25H22F4N6O2/c1-24(2,22(30)37)33-21(36)17-12-31-23(25(27,28)29)32-20(17)35-13-18(14-6-4-3-5-7-14)19(34-35)15-8-10-16(26)11-9-15/h3-12,18H,13H2,1-2H3,(H2,30,37)(H,33,36). The Kier molecular flexibility index (Phi) is 6.68. The van der Waals surface area contributed by atoms with Gasteiger partial charge in [0.05, 0.1) is 12.3 Å². The molecule has 1 atom stereocenters. The van der Waals surface area contributed by atoms with E-state index in [1.54, 1.807) is 12.1 Å². The van der Waals surface area contributed by atoms with E-state index in [1.807, 2.05) is 18.2 Å². The second-order valence-electron chi connectivity index (χ2n) is 8.91. The molecule has 2 heterocycles. The number of aromatic nitrogens is 2. The third-order valence-electron chi connectivity index (χ3n) is 5.81. The normalized spacial score (nSPS) is 15.9. The Labute approximate surface area is 209 Å². The predicted molar refractivity (Wildman–Crippen MR) is 127 cm³/mol. The van der Waals surface area contributed by atoms with Crippen molar-refractivity contribution in [1.82, 2.24) is 15.3 Å². The molecule has 3 aromatic rings. The van der Waals surface area contributed by atoms with Crippen molar-refractivity contribution >= 4 is 23.3 Å². The highest BCUT2D eigenvalue weighted by Gasteiger charge is 2.39. The third-order valence-corrected chi connectivity index (χ3v) is 5.81. The van der Waals surface area contributed by atoms with Crippen LogP contribution in [-0.2, 0) is 11.0 Å². The van der Waals surface area contributed by atoms with E-state index in [-0.39, 0.29) is 12.1 Å². The fourth-order valence-electron chi connectivity index (χ4n) is 3.74. The molecule has 0 fully saturated rings. The monoisotopic (exact) mass is 514 g/mol. The number of anilines is 1. The first kappa shape index (κ1) is 25.7. The second-order valence-corrected chi connectivity index (χ2v) is 8.91. The largest absolute Gasteiger partial charge is 0.451 e. The second kappa shape index (κ2) is 9.60. The first-order chi connectivity index (χ1) is 17.4. The molecule has 37 heavy (non-hydrogen) atoms. The molecule has 0 saturated carbocycles. The zero-order chi connectivity index (χ0) is 27.0. The summed E-state index contributed by atoms with van der Waals surface area (Å²) in [6.45, 7) is 2.73. The summed E-state index contributed by atoms with van der Waals surface area (Å²) in [4.78, 5) is 31.7. The van der Waals surface area contributed by atoms with Gasteiger partial charge in [0.25, 0.3) is 5.91 Å². The van der Waals surface area contributed by atoms with Crippen LogP contribution in [0.25, 0.3) is 0 Å². The zero-order valence-corrected chi connectivity index (χ0v) is 19.8. The molecule has 1 aliphatic heterocycles. The summed E-state index contributed by atoms with van der Waals surface area (Å²) < 4.78 is 54.1. The van der Waals surface area contributed by atoms with Crippen LogP contribution in [-0.4, -0.2) is 39.6 Å². The van der Waals surface area contributed by atoms with E-state index >= 15 is 0 Å². The minimum atomic E-state index is -4.89. The maximum absolute atomic E-state index is 13.6. The number of halogens is 4. The van der Waals surface area contributed by atoms with Gasteiger partial charge in [-0.05, 0) is 37.1 Å². The number of carbonyl (C=O) groups is 2. The Balaban J connectivity index is 1.83. The third kappa shape index (κ3) is 5.42. The van der Waals surface area contributed by atoms with Gasteiger partial charge in [0.15, 0.2) is 5.82 Å². The van der Waals surface area contributed by atoms with E-state index < -0.39 is 46.9 Å². The van der Waals surface area contributed by atoms with Crippen LogP contribution in [0.1, 0.15) is 47.1 Å². The molecule has 1 aliphatic rings. The fraction of sp³-hybridized carbons (Fsp3) is 0.240. The Morgan fingerprint density at radius 2 is 1.70 bits per heavy atom. The molecule has 0 saturated heterocycles. The number of alkyl halides is 3. The molecule has 12 heteroatoms. The first-order valence-electron chi connectivity index (χ1n) is 11.1. The molecule has 2 aromatic carbocycles. The number of hydrogen-bond donors (Lipinski definition) is 2. The number of amides is 2. The number of primary amides is 1. The van der Waals surface area contributed by atoms with E-state index in [4.69, 9.17) is 5.73 Å². The molecule has 0 bridgehead atoms. The molecule has 3 N–H and O–H groups in total. The molecule has 0 radical (unpaired) electrons. The van der Waals surface area contributed by atoms with Crippen molar-refractivity contribution in [3.8, 4) is 0 Å². The molecule has 4 rings (SSSR count). The summed E-state index contributed by atoms with van der Waals surface area (Å²) in [6, 6.07) is 14.6. The lowest BCUT2D eigenvalue weighted by atomic mass is 9.90. The molecule has 0 aliphatic carbocycles. The number of carbonyl (C=O) groups excluding carboxylic acids is 2. The van der Waals surface area contributed by atoms with Gasteiger partial charge in [0.2, 0.25) is 11.7 Å². The Bertz CT molecular complexity index is 1360. The molecule has 192 valence electrons. The van der Waals surface area contributed by atoms with Crippen molar-refractivity contribution in [2.75, 3.05) is 11.6 Å². The summed E-state index contributed by atoms with van der Waals surface area (Å²) in [5.41, 5.74) is 5.28. The van der Waals surface area contributed by atoms with Crippen LogP contribution in [0.3, 0.4) is 0 Å². The molecule has 1 unspecified atom stereocenters. The van der Waals surface area contributed by atoms with Crippen molar-refractivity contribution < 1.29 is 27.2 Å². The van der Waals surface area contributed by atoms with Crippen LogP contribution in [0.5, 0.6) is 0 Å². The lowest BCUT2D eigenvalue weighted by molar-refractivity contribution is -0.144. The van der Waals surface area contributed by atoms with Gasteiger partial charge >= 0.3 is 6.18 Å². The number of rotatable bonds is 6. The Morgan fingerprint density at radius 3 is 2.30 bits per heavy atom. The van der Waals surface area contributed by atoms with Crippen molar-refractivity contribution in [1.29, 1.82) is 0 Å². The Morgan fingerprint density at radius 1 is 1.05 bits per heavy atom. The van der Waals surface area contributed by atoms with Crippen LogP contribution >= 0.6 is 0 Å². The highest BCUT2D eigenvalue weighted by molar-refractivity contribution is 6.08. The predicted octanol–water partition coefficient (Wildman–Crippen LogP) is 3.64. The number of nitrogens with two attached hydrogens (primary N) is 1. The molecule has 2 amide bonds. The highest BCUT2D eigenvalue weighted by atomic mass is 19.4. The van der Waals surface area contributed by atoms with E-state index in [0.717, 1.165) is 11.8 Å². The molecule has 8 nitrogen and oxygen atoms in total. The van der Waals surface area contributed by atoms with E-state index in [0.29, 0.717) is 11.3 Å². The summed E-state index contributed by atoms with van der Waals surface area (Å²) in [6.07, 6.45) is -4.15. The van der Waals surface area contributed by atoms with Gasteiger partial charge in [0.1, 0.15) is 16.9 Å². The zero-order valence-electron chi connectivity index (χ0n) is 19.8. The number of nitrogens with one attached hydrogen (secondary N) is 1. The van der Waals surface area contributed by atoms with Crippen molar-refractivity contribution in [2.45, 2.75) is 31.5 Å². The maximum Gasteiger partial charge on any atom is 0.451 e. The summed E-state index contributed by atoms with van der Waals surface area (Å²) in [5, 5.41) is 8.09. The van der Waals surface area contributed by atoms with Crippen LogP contribution in [0, 0.1) is 5.82 Å². The van der Waals surface area contributed by atoms with Gasteiger partial charge in [0, 0.05) is 12.1 Å². The van der Waals surface area contributed by atoms with Gasteiger partial charge in [-0.25, -0.2) is 19.4 Å². The highest BCUT2D eigenvalue weighted by Crippen LogP contribution is 2.34. The van der Waals surface area contributed by atoms with Crippen LogP contribution in [0.4, 0.5) is 23.4 Å².